The number of carbonyl (C=O) groups excluding carboxylic acids is 1. The lowest BCUT2D eigenvalue weighted by Gasteiger charge is -2.45. The van der Waals surface area contributed by atoms with Gasteiger partial charge in [0.25, 0.3) is 5.91 Å². The van der Waals surface area contributed by atoms with Gasteiger partial charge < -0.3 is 14.8 Å². The van der Waals surface area contributed by atoms with Gasteiger partial charge in [0.15, 0.2) is 0 Å². The van der Waals surface area contributed by atoms with Crippen molar-refractivity contribution >= 4 is 5.91 Å². The van der Waals surface area contributed by atoms with E-state index in [9.17, 15) is 4.79 Å². The number of likely N-dealkylation sites (N-methyl/N-ethyl adjacent to an activating group) is 1. The Hall–Kier alpha value is -1.29. The fraction of sp³-hybridized carbons (Fsp3) is 0.750. The summed E-state index contributed by atoms with van der Waals surface area (Å²) < 4.78 is 2.35. The molecule has 1 aromatic heterocycles. The summed E-state index contributed by atoms with van der Waals surface area (Å²) in [5, 5.41) is 3.26. The van der Waals surface area contributed by atoms with E-state index < -0.39 is 0 Å². The van der Waals surface area contributed by atoms with Crippen molar-refractivity contribution in [2.75, 3.05) is 20.6 Å². The van der Waals surface area contributed by atoms with Crippen LogP contribution in [0.1, 0.15) is 73.2 Å². The van der Waals surface area contributed by atoms with E-state index in [0.717, 1.165) is 23.7 Å². The standard InChI is InChI=1S/C20H33N3O/c1-14-7-6-10-20(12-14,22(4)5)13-21-19(24)18-11-15(2)23(16(18)3)17-8-9-17/h11,14,17H,6-10,12-13H2,1-5H3,(H,21,24)/t14-,20-/m0/s1. The summed E-state index contributed by atoms with van der Waals surface area (Å²) in [5.74, 6) is 0.826. The maximum absolute atomic E-state index is 12.8. The molecule has 0 unspecified atom stereocenters. The number of hydrogen-bond donors (Lipinski definition) is 1. The smallest absolute Gasteiger partial charge is 0.253 e. The highest BCUT2D eigenvalue weighted by molar-refractivity contribution is 5.95. The van der Waals surface area contributed by atoms with E-state index in [4.69, 9.17) is 0 Å². The molecule has 1 heterocycles. The molecular weight excluding hydrogens is 298 g/mol. The van der Waals surface area contributed by atoms with Gasteiger partial charge >= 0.3 is 0 Å². The number of aromatic nitrogens is 1. The lowest BCUT2D eigenvalue weighted by Crippen LogP contribution is -2.55. The molecule has 4 heteroatoms. The first-order valence-electron chi connectivity index (χ1n) is 9.48. The molecule has 3 rings (SSSR count). The Kier molecular flexibility index (Phi) is 4.78. The van der Waals surface area contributed by atoms with Gasteiger partial charge in [-0.3, -0.25) is 4.79 Å². The van der Waals surface area contributed by atoms with Gasteiger partial charge in [0.2, 0.25) is 0 Å². The third-order valence-electron chi connectivity index (χ3n) is 6.24. The molecule has 1 amide bonds. The molecule has 1 N–H and O–H groups in total. The quantitative estimate of drug-likeness (QED) is 0.893. The van der Waals surface area contributed by atoms with Crippen LogP contribution in [-0.2, 0) is 0 Å². The number of hydrogen-bond acceptors (Lipinski definition) is 2. The monoisotopic (exact) mass is 331 g/mol. The second-order valence-electron chi connectivity index (χ2n) is 8.39. The van der Waals surface area contributed by atoms with Crippen LogP contribution < -0.4 is 5.32 Å². The predicted molar refractivity (Wildman–Crippen MR) is 98.6 cm³/mol. The minimum Gasteiger partial charge on any atom is -0.350 e. The third kappa shape index (κ3) is 3.26. The van der Waals surface area contributed by atoms with Gasteiger partial charge in [0, 0.05) is 29.5 Å². The van der Waals surface area contributed by atoms with E-state index in [-0.39, 0.29) is 11.4 Å². The summed E-state index contributed by atoms with van der Waals surface area (Å²) in [6, 6.07) is 2.69. The van der Waals surface area contributed by atoms with Crippen molar-refractivity contribution in [2.24, 2.45) is 5.92 Å². The Bertz CT molecular complexity index is 615. The molecule has 0 bridgehead atoms. The van der Waals surface area contributed by atoms with Crippen molar-refractivity contribution < 1.29 is 4.79 Å². The zero-order valence-corrected chi connectivity index (χ0v) is 16.0. The summed E-state index contributed by atoms with van der Waals surface area (Å²) in [4.78, 5) is 15.1. The number of nitrogens with one attached hydrogen (secondary N) is 1. The molecular formula is C20H33N3O. The van der Waals surface area contributed by atoms with Gasteiger partial charge in [0.05, 0.1) is 5.56 Å². The number of aryl methyl sites for hydroxylation is 1. The molecule has 134 valence electrons. The first kappa shape index (κ1) is 17.5. The summed E-state index contributed by atoms with van der Waals surface area (Å²) in [6.45, 7) is 7.29. The lowest BCUT2D eigenvalue weighted by molar-refractivity contribution is 0.0675. The maximum atomic E-state index is 12.8. The van der Waals surface area contributed by atoms with Crippen LogP contribution in [0.15, 0.2) is 6.07 Å². The van der Waals surface area contributed by atoms with Crippen molar-refractivity contribution in [3.63, 3.8) is 0 Å². The van der Waals surface area contributed by atoms with Gasteiger partial charge in [-0.15, -0.1) is 0 Å². The first-order valence-corrected chi connectivity index (χ1v) is 9.48. The summed E-state index contributed by atoms with van der Waals surface area (Å²) in [6.07, 6.45) is 7.41. The Balaban J connectivity index is 1.71. The van der Waals surface area contributed by atoms with Crippen molar-refractivity contribution in [3.05, 3.63) is 23.0 Å². The Labute approximate surface area is 146 Å². The second kappa shape index (κ2) is 6.55. The Morgan fingerprint density at radius 1 is 1.33 bits per heavy atom. The number of rotatable bonds is 5. The molecule has 2 saturated carbocycles. The number of amides is 1. The van der Waals surface area contributed by atoms with E-state index in [2.05, 4.69) is 55.7 Å². The zero-order chi connectivity index (χ0) is 17.5. The largest absolute Gasteiger partial charge is 0.350 e. The minimum atomic E-state index is 0.0921. The molecule has 2 aliphatic carbocycles. The predicted octanol–water partition coefficient (Wildman–Crippen LogP) is 3.68. The average molecular weight is 332 g/mol. The van der Waals surface area contributed by atoms with Crippen LogP contribution >= 0.6 is 0 Å². The van der Waals surface area contributed by atoms with Crippen LogP contribution in [0.25, 0.3) is 0 Å². The SMILES string of the molecule is Cc1cc(C(=O)NC[C@]2(N(C)C)CCC[C@H](C)C2)c(C)n1C1CC1. The van der Waals surface area contributed by atoms with Crippen LogP contribution in [-0.4, -0.2) is 41.6 Å². The van der Waals surface area contributed by atoms with E-state index >= 15 is 0 Å². The van der Waals surface area contributed by atoms with E-state index in [1.54, 1.807) is 0 Å². The summed E-state index contributed by atoms with van der Waals surface area (Å²) in [7, 11) is 4.31. The summed E-state index contributed by atoms with van der Waals surface area (Å²) >= 11 is 0. The Morgan fingerprint density at radius 3 is 2.62 bits per heavy atom. The Morgan fingerprint density at radius 2 is 2.04 bits per heavy atom. The molecule has 0 spiro atoms. The molecule has 0 aromatic carbocycles. The van der Waals surface area contributed by atoms with Crippen LogP contribution in [0, 0.1) is 19.8 Å². The van der Waals surface area contributed by atoms with E-state index in [0.29, 0.717) is 6.04 Å². The summed E-state index contributed by atoms with van der Waals surface area (Å²) in [5.41, 5.74) is 3.31. The van der Waals surface area contributed by atoms with Crippen molar-refractivity contribution in [2.45, 2.75) is 70.9 Å². The molecule has 0 saturated heterocycles. The topological polar surface area (TPSA) is 37.3 Å². The molecule has 24 heavy (non-hydrogen) atoms. The van der Waals surface area contributed by atoms with Crippen LogP contribution in [0.3, 0.4) is 0 Å². The molecule has 2 atom stereocenters. The van der Waals surface area contributed by atoms with Crippen LogP contribution in [0.4, 0.5) is 0 Å². The van der Waals surface area contributed by atoms with Gasteiger partial charge in [-0.2, -0.15) is 0 Å². The first-order chi connectivity index (χ1) is 11.3. The maximum Gasteiger partial charge on any atom is 0.253 e. The molecule has 0 aliphatic heterocycles. The van der Waals surface area contributed by atoms with Gasteiger partial charge in [-0.25, -0.2) is 0 Å². The fourth-order valence-corrected chi connectivity index (χ4v) is 4.60. The molecule has 0 radical (unpaired) electrons. The van der Waals surface area contributed by atoms with E-state index in [1.165, 1.54) is 44.2 Å². The normalized spacial score (nSPS) is 27.5. The van der Waals surface area contributed by atoms with Gasteiger partial charge in [0.1, 0.15) is 0 Å². The van der Waals surface area contributed by atoms with Crippen LogP contribution in [0.5, 0.6) is 0 Å². The molecule has 1 aromatic rings. The van der Waals surface area contributed by atoms with Crippen molar-refractivity contribution in [1.29, 1.82) is 0 Å². The molecule has 2 fully saturated rings. The molecule has 2 aliphatic rings. The van der Waals surface area contributed by atoms with Crippen molar-refractivity contribution in [1.82, 2.24) is 14.8 Å². The third-order valence-corrected chi connectivity index (χ3v) is 6.24. The average Bonchev–Trinajstić information content (AvgIpc) is 3.30. The van der Waals surface area contributed by atoms with Crippen molar-refractivity contribution in [3.8, 4) is 0 Å². The number of carbonyl (C=O) groups is 1. The lowest BCUT2D eigenvalue weighted by atomic mass is 9.75. The minimum absolute atomic E-state index is 0.0921. The fourth-order valence-electron chi connectivity index (χ4n) is 4.60. The van der Waals surface area contributed by atoms with Gasteiger partial charge in [-0.05, 0) is 65.6 Å². The van der Waals surface area contributed by atoms with Crippen LogP contribution in [0.2, 0.25) is 0 Å². The van der Waals surface area contributed by atoms with Gasteiger partial charge in [-0.1, -0.05) is 19.8 Å². The van der Waals surface area contributed by atoms with E-state index in [1.807, 2.05) is 0 Å². The molecule has 4 nitrogen and oxygen atoms in total. The highest BCUT2D eigenvalue weighted by Gasteiger charge is 2.37. The number of nitrogens with zero attached hydrogens (tertiary/aromatic N) is 2. The highest BCUT2D eigenvalue weighted by Crippen LogP contribution is 2.38. The second-order valence-corrected chi connectivity index (χ2v) is 8.39. The zero-order valence-electron chi connectivity index (χ0n) is 16.0. The highest BCUT2D eigenvalue weighted by atomic mass is 16.1.